The maximum absolute atomic E-state index is 12.4. The molecule has 0 bridgehead atoms. The van der Waals surface area contributed by atoms with Crippen LogP contribution in [0.4, 0.5) is 13.2 Å². The van der Waals surface area contributed by atoms with E-state index in [0.717, 1.165) is 7.11 Å². The predicted molar refractivity (Wildman–Crippen MR) is 61.7 cm³/mol. The number of carbonyl (C=O) groups is 2. The number of aliphatic hydroxyl groups excluding tert-OH is 1. The first-order chi connectivity index (χ1) is 9.23. The summed E-state index contributed by atoms with van der Waals surface area (Å²) >= 11 is 0. The fourth-order valence-corrected chi connectivity index (χ4v) is 1.40. The highest BCUT2D eigenvalue weighted by Gasteiger charge is 2.43. The zero-order chi connectivity index (χ0) is 15.8. The van der Waals surface area contributed by atoms with Crippen LogP contribution in [0.5, 0.6) is 0 Å². The molecule has 0 aromatic rings. The minimum Gasteiger partial charge on any atom is -0.469 e. The summed E-state index contributed by atoms with van der Waals surface area (Å²) in [6.07, 6.45) is -5.02. The van der Waals surface area contributed by atoms with Gasteiger partial charge in [-0.3, -0.25) is 9.59 Å². The Balaban J connectivity index is 4.62. The first kappa shape index (κ1) is 18.7. The number of alkyl halides is 3. The van der Waals surface area contributed by atoms with Crippen molar-refractivity contribution >= 4 is 11.9 Å². The molecule has 1 N–H and O–H groups in total. The summed E-state index contributed by atoms with van der Waals surface area (Å²) in [5, 5.41) is 8.47. The average molecular weight is 301 g/mol. The van der Waals surface area contributed by atoms with E-state index in [1.807, 2.05) is 0 Å². The molecule has 0 aromatic heterocycles. The van der Waals surface area contributed by atoms with Gasteiger partial charge in [0.05, 0.1) is 32.8 Å². The van der Waals surface area contributed by atoms with Crippen molar-refractivity contribution in [1.82, 2.24) is 4.90 Å². The third-order valence-corrected chi connectivity index (χ3v) is 2.37. The molecule has 1 amide bonds. The lowest BCUT2D eigenvalue weighted by Crippen LogP contribution is -2.45. The van der Waals surface area contributed by atoms with Gasteiger partial charge >= 0.3 is 18.1 Å². The van der Waals surface area contributed by atoms with Crippen molar-refractivity contribution in [2.45, 2.75) is 13.1 Å². The highest BCUT2D eigenvalue weighted by atomic mass is 19.4. The summed E-state index contributed by atoms with van der Waals surface area (Å²) in [7, 11) is 1.11. The lowest BCUT2D eigenvalue weighted by Gasteiger charge is -2.25. The van der Waals surface area contributed by atoms with Gasteiger partial charge in [-0.1, -0.05) is 6.92 Å². The summed E-state index contributed by atoms with van der Waals surface area (Å²) in [5.41, 5.74) is 0. The number of methoxy groups -OCH3 is 1. The number of aliphatic hydroxyl groups is 1. The van der Waals surface area contributed by atoms with Crippen LogP contribution in [0.1, 0.15) is 6.92 Å². The van der Waals surface area contributed by atoms with Crippen LogP contribution in [0, 0.1) is 5.92 Å². The fourth-order valence-electron chi connectivity index (χ4n) is 1.40. The Morgan fingerprint density at radius 1 is 1.30 bits per heavy atom. The molecule has 20 heavy (non-hydrogen) atoms. The predicted octanol–water partition coefficient (Wildman–Crippen LogP) is 0.195. The molecule has 1 atom stereocenters. The van der Waals surface area contributed by atoms with Crippen molar-refractivity contribution in [2.24, 2.45) is 5.92 Å². The summed E-state index contributed by atoms with van der Waals surface area (Å²) in [4.78, 5) is 22.9. The first-order valence-corrected chi connectivity index (χ1v) is 5.86. The molecule has 0 fully saturated rings. The van der Waals surface area contributed by atoms with E-state index in [-0.39, 0.29) is 26.4 Å². The fraction of sp³-hybridized carbons (Fsp3) is 0.818. The van der Waals surface area contributed by atoms with Gasteiger partial charge in [-0.15, -0.1) is 0 Å². The molecule has 6 nitrogen and oxygen atoms in total. The summed E-state index contributed by atoms with van der Waals surface area (Å²) in [6.45, 7) is 0.118. The van der Waals surface area contributed by atoms with Gasteiger partial charge in [0.15, 0.2) is 0 Å². The molecule has 0 heterocycles. The lowest BCUT2D eigenvalue weighted by atomic mass is 10.1. The van der Waals surface area contributed by atoms with Gasteiger partial charge in [0.2, 0.25) is 0 Å². The molecule has 0 aliphatic rings. The van der Waals surface area contributed by atoms with Crippen molar-refractivity contribution < 1.29 is 37.3 Å². The molecule has 0 saturated carbocycles. The smallest absolute Gasteiger partial charge is 0.469 e. The normalized spacial score (nSPS) is 12.9. The highest BCUT2D eigenvalue weighted by molar-refractivity contribution is 5.82. The Labute approximate surface area is 114 Å². The van der Waals surface area contributed by atoms with Gasteiger partial charge in [0.25, 0.3) is 0 Å². The summed E-state index contributed by atoms with van der Waals surface area (Å²) in [5.74, 6) is -3.63. The molecule has 1 unspecified atom stereocenters. The number of halogens is 3. The van der Waals surface area contributed by atoms with Crippen LogP contribution in [0.25, 0.3) is 0 Å². The number of esters is 1. The van der Waals surface area contributed by atoms with Crippen molar-refractivity contribution in [3.8, 4) is 0 Å². The maximum Gasteiger partial charge on any atom is 0.471 e. The van der Waals surface area contributed by atoms with Crippen LogP contribution < -0.4 is 0 Å². The van der Waals surface area contributed by atoms with Crippen molar-refractivity contribution in [2.75, 3.05) is 40.0 Å². The standard InChI is InChI=1S/C11H18F3NO5/c1-8(9(17)19-2)7-15(3-5-20-6-4-16)10(18)11(12,13)14/h8,16H,3-7H2,1-2H3. The van der Waals surface area contributed by atoms with E-state index in [4.69, 9.17) is 9.84 Å². The van der Waals surface area contributed by atoms with Crippen LogP contribution in [0.2, 0.25) is 0 Å². The Hall–Kier alpha value is -1.35. The topological polar surface area (TPSA) is 76.1 Å². The van der Waals surface area contributed by atoms with E-state index in [9.17, 15) is 22.8 Å². The van der Waals surface area contributed by atoms with Crippen molar-refractivity contribution in [3.63, 3.8) is 0 Å². The molecular formula is C11H18F3NO5. The van der Waals surface area contributed by atoms with Gasteiger partial charge in [0, 0.05) is 13.1 Å². The van der Waals surface area contributed by atoms with Gasteiger partial charge in [-0.2, -0.15) is 13.2 Å². The van der Waals surface area contributed by atoms with Crippen LogP contribution in [-0.4, -0.2) is 68.1 Å². The van der Waals surface area contributed by atoms with E-state index in [0.29, 0.717) is 4.90 Å². The quantitative estimate of drug-likeness (QED) is 0.512. The van der Waals surface area contributed by atoms with Crippen LogP contribution in [0.15, 0.2) is 0 Å². The van der Waals surface area contributed by atoms with E-state index >= 15 is 0 Å². The minimum atomic E-state index is -5.02. The van der Waals surface area contributed by atoms with Gasteiger partial charge in [0.1, 0.15) is 0 Å². The van der Waals surface area contributed by atoms with Gasteiger partial charge < -0.3 is 19.5 Å². The Bertz CT molecular complexity index is 322. The van der Waals surface area contributed by atoms with Gasteiger partial charge in [-0.05, 0) is 0 Å². The zero-order valence-electron chi connectivity index (χ0n) is 11.3. The lowest BCUT2D eigenvalue weighted by molar-refractivity contribution is -0.187. The van der Waals surface area contributed by atoms with Crippen LogP contribution in [0.3, 0.4) is 0 Å². The number of ether oxygens (including phenoxy) is 2. The largest absolute Gasteiger partial charge is 0.471 e. The van der Waals surface area contributed by atoms with E-state index in [2.05, 4.69) is 4.74 Å². The third-order valence-electron chi connectivity index (χ3n) is 2.37. The monoisotopic (exact) mass is 301 g/mol. The molecule has 118 valence electrons. The molecule has 0 aliphatic heterocycles. The number of rotatable bonds is 8. The van der Waals surface area contributed by atoms with E-state index in [1.54, 1.807) is 0 Å². The minimum absolute atomic E-state index is 0.0411. The van der Waals surface area contributed by atoms with E-state index in [1.165, 1.54) is 6.92 Å². The Morgan fingerprint density at radius 2 is 1.90 bits per heavy atom. The van der Waals surface area contributed by atoms with Crippen molar-refractivity contribution in [3.05, 3.63) is 0 Å². The Morgan fingerprint density at radius 3 is 2.35 bits per heavy atom. The molecule has 0 aromatic carbocycles. The third kappa shape index (κ3) is 6.71. The molecule has 0 radical (unpaired) electrons. The Kier molecular flexibility index (Phi) is 8.16. The second kappa shape index (κ2) is 8.75. The molecular weight excluding hydrogens is 283 g/mol. The number of nitrogens with zero attached hydrogens (tertiary/aromatic N) is 1. The molecule has 0 saturated heterocycles. The second-order valence-corrected chi connectivity index (χ2v) is 4.01. The summed E-state index contributed by atoms with van der Waals surface area (Å²) < 4.78 is 46.5. The van der Waals surface area contributed by atoms with Crippen LogP contribution in [-0.2, 0) is 19.1 Å². The summed E-state index contributed by atoms with van der Waals surface area (Å²) in [6, 6.07) is 0. The second-order valence-electron chi connectivity index (χ2n) is 4.01. The molecule has 0 spiro atoms. The number of hydrogen-bond acceptors (Lipinski definition) is 5. The highest BCUT2D eigenvalue weighted by Crippen LogP contribution is 2.19. The van der Waals surface area contributed by atoms with Crippen LogP contribution >= 0.6 is 0 Å². The number of carbonyl (C=O) groups excluding carboxylic acids is 2. The average Bonchev–Trinajstić information content (AvgIpc) is 2.39. The molecule has 9 heteroatoms. The molecule has 0 rings (SSSR count). The maximum atomic E-state index is 12.4. The SMILES string of the molecule is COC(=O)C(C)CN(CCOCCO)C(=O)C(F)(F)F. The van der Waals surface area contributed by atoms with Crippen molar-refractivity contribution in [1.29, 1.82) is 0 Å². The first-order valence-electron chi connectivity index (χ1n) is 5.86. The van der Waals surface area contributed by atoms with Gasteiger partial charge in [-0.25, -0.2) is 0 Å². The number of amides is 1. The number of hydrogen-bond donors (Lipinski definition) is 1. The van der Waals surface area contributed by atoms with E-state index < -0.39 is 30.5 Å². The molecule has 0 aliphatic carbocycles. The zero-order valence-corrected chi connectivity index (χ0v) is 11.3.